The Morgan fingerprint density at radius 2 is 1.07 bits per heavy atom. The highest BCUT2D eigenvalue weighted by atomic mass is 16.6. The lowest BCUT2D eigenvalue weighted by atomic mass is 9.87. The molecule has 46 heavy (non-hydrogen) atoms. The molecule has 266 valence electrons. The summed E-state index contributed by atoms with van der Waals surface area (Å²) in [6.45, 7) is 23.6. The maximum Gasteiger partial charge on any atom is 0.339 e. The van der Waals surface area contributed by atoms with E-state index < -0.39 is 58.5 Å². The molecular formula is C34H61N3O9. The first-order chi connectivity index (χ1) is 20.7. The second kappa shape index (κ2) is 12.9. The Bertz CT molecular complexity index is 1090. The third-order valence-corrected chi connectivity index (χ3v) is 11.1. The van der Waals surface area contributed by atoms with Gasteiger partial charge in [0.05, 0.1) is 32.7 Å². The molecule has 3 N–H and O–H groups in total. The van der Waals surface area contributed by atoms with Crippen molar-refractivity contribution in [3.05, 3.63) is 0 Å². The molecule has 0 spiro atoms. The molecule has 0 bridgehead atoms. The Hall–Kier alpha value is -1.83. The van der Waals surface area contributed by atoms with E-state index in [1.54, 1.807) is 0 Å². The molecule has 12 heteroatoms. The first-order valence-electron chi connectivity index (χ1n) is 16.5. The molecule has 3 heterocycles. The van der Waals surface area contributed by atoms with Crippen LogP contribution in [-0.4, -0.2) is 104 Å². The highest BCUT2D eigenvalue weighted by molar-refractivity contribution is 5.90. The summed E-state index contributed by atoms with van der Waals surface area (Å²) >= 11 is 0. The number of nitrogens with zero attached hydrogens (tertiary/aromatic N) is 2. The van der Waals surface area contributed by atoms with Crippen molar-refractivity contribution in [2.24, 2.45) is 17.8 Å². The van der Waals surface area contributed by atoms with Crippen LogP contribution in [0.4, 0.5) is 0 Å². The summed E-state index contributed by atoms with van der Waals surface area (Å²) in [6.07, 6.45) is 0.841. The Labute approximate surface area is 275 Å². The molecule has 0 aromatic heterocycles. The first-order valence-corrected chi connectivity index (χ1v) is 16.5. The lowest BCUT2D eigenvalue weighted by molar-refractivity contribution is -0.200. The molecule has 0 amide bonds. The van der Waals surface area contributed by atoms with Crippen molar-refractivity contribution in [3.63, 3.8) is 0 Å². The number of hydrogen-bond acceptors (Lipinski definition) is 12. The average molecular weight is 656 g/mol. The van der Waals surface area contributed by atoms with Gasteiger partial charge in [0.2, 0.25) is 0 Å². The summed E-state index contributed by atoms with van der Waals surface area (Å²) in [5.74, 6) is -2.64. The van der Waals surface area contributed by atoms with E-state index in [2.05, 4.69) is 33.0 Å². The average Bonchev–Trinajstić information content (AvgIpc) is 3.31. The second-order valence-corrected chi connectivity index (χ2v) is 17.5. The molecule has 0 radical (unpaired) electrons. The quantitative estimate of drug-likeness (QED) is 0.201. The number of esters is 3. The standard InChI is InChI=1S/C34H61N3O9/c1-28(2)14-22(31(7,8)35-28)19-46-27(40)34(43-13,17-25(38)44-20-23-15-29(3,4)36(41)32(23,9)10)18-26(39)45-21-24-16-30(5,6)37(42)33(24,11)12/h22-24,35,41-42H,14-21H2,1-13H3. The summed E-state index contributed by atoms with van der Waals surface area (Å²) in [5, 5.41) is 27.5. The third kappa shape index (κ3) is 7.89. The van der Waals surface area contributed by atoms with E-state index in [1.165, 1.54) is 17.2 Å². The van der Waals surface area contributed by atoms with Crippen LogP contribution in [-0.2, 0) is 33.3 Å². The van der Waals surface area contributed by atoms with Crippen molar-refractivity contribution in [3.8, 4) is 0 Å². The summed E-state index contributed by atoms with van der Waals surface area (Å²) in [6, 6.07) is 0. The number of hydrogen-bond donors (Lipinski definition) is 3. The van der Waals surface area contributed by atoms with Gasteiger partial charge < -0.3 is 34.7 Å². The van der Waals surface area contributed by atoms with Gasteiger partial charge >= 0.3 is 17.9 Å². The zero-order valence-corrected chi connectivity index (χ0v) is 30.5. The third-order valence-electron chi connectivity index (χ3n) is 11.1. The van der Waals surface area contributed by atoms with Crippen molar-refractivity contribution >= 4 is 17.9 Å². The molecule has 0 aromatic carbocycles. The van der Waals surface area contributed by atoms with Crippen molar-refractivity contribution in [1.82, 2.24) is 15.4 Å². The predicted octanol–water partition coefficient (Wildman–Crippen LogP) is 4.48. The van der Waals surface area contributed by atoms with E-state index in [4.69, 9.17) is 18.9 Å². The van der Waals surface area contributed by atoms with Crippen molar-refractivity contribution < 1.29 is 43.7 Å². The molecule has 3 rings (SSSR count). The summed E-state index contributed by atoms with van der Waals surface area (Å²) in [4.78, 5) is 40.5. The molecule has 0 aromatic rings. The van der Waals surface area contributed by atoms with Crippen LogP contribution in [0.15, 0.2) is 0 Å². The fourth-order valence-corrected chi connectivity index (χ4v) is 8.17. The van der Waals surface area contributed by atoms with Crippen LogP contribution in [0.1, 0.15) is 115 Å². The van der Waals surface area contributed by atoms with Gasteiger partial charge in [-0.1, -0.05) is 0 Å². The molecule has 3 saturated heterocycles. The molecule has 0 saturated carbocycles. The van der Waals surface area contributed by atoms with Crippen LogP contribution in [0, 0.1) is 17.8 Å². The van der Waals surface area contributed by atoms with Gasteiger partial charge in [-0.25, -0.2) is 4.79 Å². The van der Waals surface area contributed by atoms with Crippen LogP contribution < -0.4 is 5.32 Å². The fraction of sp³-hybridized carbons (Fsp3) is 0.912. The summed E-state index contributed by atoms with van der Waals surface area (Å²) in [7, 11) is 1.27. The second-order valence-electron chi connectivity index (χ2n) is 17.5. The predicted molar refractivity (Wildman–Crippen MR) is 171 cm³/mol. The molecule has 3 aliphatic rings. The Balaban J connectivity index is 1.75. The topological polar surface area (TPSA) is 147 Å². The number of ether oxygens (including phenoxy) is 4. The van der Waals surface area contributed by atoms with E-state index in [0.29, 0.717) is 12.8 Å². The van der Waals surface area contributed by atoms with E-state index >= 15 is 0 Å². The van der Waals surface area contributed by atoms with E-state index in [9.17, 15) is 24.8 Å². The monoisotopic (exact) mass is 655 g/mol. The highest BCUT2D eigenvalue weighted by Crippen LogP contribution is 2.45. The SMILES string of the molecule is COC(CC(=O)OCC1CC(C)(C)N(O)C1(C)C)(CC(=O)OCC1CC(C)(C)N(O)C1(C)C)C(=O)OCC1CC(C)(C)NC1(C)C. The summed E-state index contributed by atoms with van der Waals surface area (Å²) in [5.41, 5.74) is -4.72. The number of methoxy groups -OCH3 is 1. The molecule has 0 aliphatic carbocycles. The Morgan fingerprint density at radius 3 is 1.37 bits per heavy atom. The van der Waals surface area contributed by atoms with E-state index in [-0.39, 0.29) is 48.7 Å². The fourth-order valence-electron chi connectivity index (χ4n) is 8.17. The van der Waals surface area contributed by atoms with Gasteiger partial charge in [0, 0.05) is 58.1 Å². The van der Waals surface area contributed by atoms with Gasteiger partial charge in [0.25, 0.3) is 0 Å². The minimum absolute atomic E-state index is 0.0105. The zero-order valence-electron chi connectivity index (χ0n) is 30.5. The molecule has 3 fully saturated rings. The maximum atomic E-state index is 13.8. The van der Waals surface area contributed by atoms with Crippen LogP contribution in [0.5, 0.6) is 0 Å². The summed E-state index contributed by atoms with van der Waals surface area (Å²) < 4.78 is 22.9. The number of carbonyl (C=O) groups is 3. The maximum absolute atomic E-state index is 13.8. The number of rotatable bonds is 12. The van der Waals surface area contributed by atoms with Gasteiger partial charge in [0.1, 0.15) is 0 Å². The minimum Gasteiger partial charge on any atom is -0.465 e. The lowest BCUT2D eigenvalue weighted by Gasteiger charge is -2.36. The van der Waals surface area contributed by atoms with Gasteiger partial charge in [-0.05, 0) is 102 Å². The molecule has 3 aliphatic heterocycles. The minimum atomic E-state index is -1.97. The van der Waals surface area contributed by atoms with Crippen LogP contribution in [0.25, 0.3) is 0 Å². The largest absolute Gasteiger partial charge is 0.465 e. The van der Waals surface area contributed by atoms with E-state index in [0.717, 1.165) is 6.42 Å². The normalized spacial score (nSPS) is 30.5. The number of hydroxylamine groups is 4. The van der Waals surface area contributed by atoms with Gasteiger partial charge in [-0.3, -0.25) is 9.59 Å². The van der Waals surface area contributed by atoms with Crippen molar-refractivity contribution in [2.75, 3.05) is 26.9 Å². The van der Waals surface area contributed by atoms with E-state index in [1.807, 2.05) is 55.4 Å². The molecule has 3 atom stereocenters. The molecule has 12 nitrogen and oxygen atoms in total. The van der Waals surface area contributed by atoms with Crippen molar-refractivity contribution in [1.29, 1.82) is 0 Å². The number of nitrogens with one attached hydrogen (secondary N) is 1. The van der Waals surface area contributed by atoms with Crippen LogP contribution in [0.2, 0.25) is 0 Å². The Morgan fingerprint density at radius 1 is 0.674 bits per heavy atom. The Kier molecular flexibility index (Phi) is 10.8. The van der Waals surface area contributed by atoms with Gasteiger partial charge in [-0.15, -0.1) is 0 Å². The molecule has 3 unspecified atom stereocenters. The lowest BCUT2D eigenvalue weighted by Crippen LogP contribution is -2.49. The highest BCUT2D eigenvalue weighted by Gasteiger charge is 2.54. The number of carbonyl (C=O) groups excluding carboxylic acids is 3. The van der Waals surface area contributed by atoms with Crippen LogP contribution >= 0.6 is 0 Å². The first kappa shape index (κ1) is 38.6. The zero-order chi connectivity index (χ0) is 35.3. The molecular weight excluding hydrogens is 594 g/mol. The van der Waals surface area contributed by atoms with Gasteiger partial charge in [0.15, 0.2) is 5.60 Å². The van der Waals surface area contributed by atoms with Crippen LogP contribution in [0.3, 0.4) is 0 Å². The van der Waals surface area contributed by atoms with Gasteiger partial charge in [-0.2, -0.15) is 10.1 Å². The smallest absolute Gasteiger partial charge is 0.339 e. The van der Waals surface area contributed by atoms with Crippen molar-refractivity contribution in [2.45, 2.75) is 154 Å².